The largest absolute Gasteiger partial charge is 0.463 e. The Labute approximate surface area is 229 Å². The van der Waals surface area contributed by atoms with Crippen LogP contribution in [0.2, 0.25) is 5.02 Å². The maximum absolute atomic E-state index is 14.3. The van der Waals surface area contributed by atoms with Crippen molar-refractivity contribution in [3.8, 4) is 0 Å². The Balaban J connectivity index is 1.84. The van der Waals surface area contributed by atoms with E-state index >= 15 is 0 Å². The number of benzene rings is 2. The summed E-state index contributed by atoms with van der Waals surface area (Å²) in [7, 11) is 0. The number of ether oxygens (including phenoxy) is 1. The minimum atomic E-state index is -4.97. The predicted octanol–water partition coefficient (Wildman–Crippen LogP) is 5.28. The fourth-order valence-corrected chi connectivity index (χ4v) is 6.09. The third kappa shape index (κ3) is 4.61. The van der Waals surface area contributed by atoms with Crippen LogP contribution in [-0.4, -0.2) is 27.9 Å². The summed E-state index contributed by atoms with van der Waals surface area (Å²) in [5.41, 5.74) is 0.278. The van der Waals surface area contributed by atoms with Crippen molar-refractivity contribution in [2.24, 2.45) is 4.99 Å². The van der Waals surface area contributed by atoms with Gasteiger partial charge in [0.25, 0.3) is 5.56 Å². The zero-order chi connectivity index (χ0) is 28.1. The first-order chi connectivity index (χ1) is 18.6. The Bertz CT molecular complexity index is 1810. The first-order valence-electron chi connectivity index (χ1n) is 12.2. The molecule has 5 rings (SSSR count). The average Bonchev–Trinajstić information content (AvgIpc) is 3.36. The molecular formula is C28H23ClF3N3O3S. The lowest BCUT2D eigenvalue weighted by atomic mass is 9.95. The number of aryl methyl sites for hydroxylation is 1. The summed E-state index contributed by atoms with van der Waals surface area (Å²) in [6.07, 6.45) is -3.28. The van der Waals surface area contributed by atoms with Crippen molar-refractivity contribution in [2.75, 3.05) is 6.61 Å². The minimum Gasteiger partial charge on any atom is -0.463 e. The van der Waals surface area contributed by atoms with Gasteiger partial charge in [-0.25, -0.2) is 9.79 Å². The number of carbonyl (C=O) groups is 1. The van der Waals surface area contributed by atoms with Crippen molar-refractivity contribution in [2.45, 2.75) is 39.5 Å². The first kappa shape index (κ1) is 27.0. The van der Waals surface area contributed by atoms with Gasteiger partial charge in [-0.15, -0.1) is 0 Å². The van der Waals surface area contributed by atoms with Gasteiger partial charge in [0.1, 0.15) is 0 Å². The van der Waals surface area contributed by atoms with Crippen LogP contribution in [0.3, 0.4) is 0 Å². The fourth-order valence-electron chi connectivity index (χ4n) is 4.98. The number of thiazole rings is 1. The Morgan fingerprint density at radius 2 is 1.85 bits per heavy atom. The van der Waals surface area contributed by atoms with Crippen LogP contribution >= 0.6 is 22.9 Å². The molecule has 1 aliphatic rings. The van der Waals surface area contributed by atoms with E-state index in [1.807, 2.05) is 38.1 Å². The first-order valence-corrected chi connectivity index (χ1v) is 13.4. The van der Waals surface area contributed by atoms with Crippen LogP contribution in [0.1, 0.15) is 36.7 Å². The van der Waals surface area contributed by atoms with E-state index in [4.69, 9.17) is 16.3 Å². The number of aromatic nitrogens is 2. The number of esters is 1. The molecule has 0 aliphatic carbocycles. The Morgan fingerprint density at radius 1 is 1.15 bits per heavy atom. The third-order valence-electron chi connectivity index (χ3n) is 6.65. The molecule has 11 heteroatoms. The van der Waals surface area contributed by atoms with Gasteiger partial charge in [-0.1, -0.05) is 53.3 Å². The van der Waals surface area contributed by atoms with Crippen LogP contribution in [0.15, 0.2) is 69.6 Å². The smallest absolute Gasteiger partial charge is 0.434 e. The maximum atomic E-state index is 14.3. The number of carbonyl (C=O) groups excluding carboxylic acids is 1. The summed E-state index contributed by atoms with van der Waals surface area (Å²) in [4.78, 5) is 30.5. The maximum Gasteiger partial charge on any atom is 0.434 e. The summed E-state index contributed by atoms with van der Waals surface area (Å²) < 4.78 is 51.3. The molecular weight excluding hydrogens is 551 g/mol. The van der Waals surface area contributed by atoms with Gasteiger partial charge in [-0.2, -0.15) is 13.2 Å². The highest BCUT2D eigenvalue weighted by molar-refractivity contribution is 7.07. The number of hydrogen-bond acceptors (Lipinski definition) is 5. The van der Waals surface area contributed by atoms with Crippen molar-refractivity contribution in [3.05, 3.63) is 101 Å². The standard InChI is InChI=1S/C28H23ClF3N3O3S/c1-4-34-15(3)19(18-8-6-7-9-20(18)34)14-21-25(36)35-23(16-10-12-17(29)13-11-16)22(26(37)38-5-2)24(28(30,31)32)33-27(35)39-21/h6-14,23H,4-5H2,1-3H3/b21-14-/t23-/m1/s1. The van der Waals surface area contributed by atoms with Gasteiger partial charge in [-0.05, 0) is 50.6 Å². The molecule has 39 heavy (non-hydrogen) atoms. The highest BCUT2D eigenvalue weighted by Crippen LogP contribution is 2.38. The van der Waals surface area contributed by atoms with Gasteiger partial charge in [-0.3, -0.25) is 9.36 Å². The third-order valence-corrected chi connectivity index (χ3v) is 7.89. The molecule has 202 valence electrons. The molecule has 0 amide bonds. The number of para-hydroxylation sites is 1. The van der Waals surface area contributed by atoms with Gasteiger partial charge in [0.2, 0.25) is 0 Å². The molecule has 0 N–H and O–H groups in total. The predicted molar refractivity (Wildman–Crippen MR) is 145 cm³/mol. The summed E-state index contributed by atoms with van der Waals surface area (Å²) in [6, 6.07) is 12.3. The normalized spacial score (nSPS) is 16.0. The monoisotopic (exact) mass is 573 g/mol. The molecule has 0 bridgehead atoms. The van der Waals surface area contributed by atoms with Crippen LogP contribution < -0.4 is 14.9 Å². The van der Waals surface area contributed by atoms with Gasteiger partial charge in [0, 0.05) is 33.7 Å². The molecule has 3 heterocycles. The quantitative estimate of drug-likeness (QED) is 0.305. The molecule has 0 fully saturated rings. The van der Waals surface area contributed by atoms with Gasteiger partial charge < -0.3 is 9.30 Å². The highest BCUT2D eigenvalue weighted by Gasteiger charge is 2.45. The molecule has 0 radical (unpaired) electrons. The van der Waals surface area contributed by atoms with Crippen LogP contribution in [0.25, 0.3) is 17.0 Å². The van der Waals surface area contributed by atoms with Crippen molar-refractivity contribution >= 4 is 45.9 Å². The average molecular weight is 574 g/mol. The van der Waals surface area contributed by atoms with Crippen LogP contribution in [0.5, 0.6) is 0 Å². The van der Waals surface area contributed by atoms with E-state index in [-0.39, 0.29) is 21.5 Å². The van der Waals surface area contributed by atoms with E-state index < -0.39 is 35.0 Å². The second kappa shape index (κ2) is 10.2. The summed E-state index contributed by atoms with van der Waals surface area (Å²) in [5.74, 6) is -1.19. The number of halogens is 4. The Kier molecular flexibility index (Phi) is 7.02. The zero-order valence-electron chi connectivity index (χ0n) is 21.2. The molecule has 0 saturated heterocycles. The van der Waals surface area contributed by atoms with Crippen molar-refractivity contribution in [1.29, 1.82) is 0 Å². The molecule has 0 spiro atoms. The number of fused-ring (bicyclic) bond motifs is 2. The lowest BCUT2D eigenvalue weighted by Gasteiger charge is -2.26. The van der Waals surface area contributed by atoms with Crippen LogP contribution in [0, 0.1) is 6.92 Å². The van der Waals surface area contributed by atoms with E-state index in [1.165, 1.54) is 31.2 Å². The SMILES string of the molecule is CCOC(=O)C1=C(C(F)(F)F)N=c2s/c(=C\c3c(C)n(CC)c4ccccc34)c(=O)n2[C@@H]1c1ccc(Cl)cc1. The lowest BCUT2D eigenvalue weighted by molar-refractivity contribution is -0.140. The van der Waals surface area contributed by atoms with E-state index in [2.05, 4.69) is 9.56 Å². The molecule has 1 aliphatic heterocycles. The number of allylic oxidation sites excluding steroid dienone is 1. The molecule has 0 saturated carbocycles. The molecule has 4 aromatic rings. The van der Waals surface area contributed by atoms with Crippen molar-refractivity contribution in [1.82, 2.24) is 9.13 Å². The molecule has 2 aromatic carbocycles. The highest BCUT2D eigenvalue weighted by atomic mass is 35.5. The number of rotatable bonds is 5. The number of nitrogens with zero attached hydrogens (tertiary/aromatic N) is 3. The van der Waals surface area contributed by atoms with Gasteiger partial charge in [0.15, 0.2) is 10.5 Å². The zero-order valence-corrected chi connectivity index (χ0v) is 22.7. The minimum absolute atomic E-state index is 0.147. The number of hydrogen-bond donors (Lipinski definition) is 0. The van der Waals surface area contributed by atoms with Crippen molar-refractivity contribution in [3.63, 3.8) is 0 Å². The molecule has 2 aromatic heterocycles. The van der Waals surface area contributed by atoms with E-state index in [0.29, 0.717) is 11.6 Å². The topological polar surface area (TPSA) is 65.6 Å². The molecule has 0 unspecified atom stereocenters. The molecule has 6 nitrogen and oxygen atoms in total. The lowest BCUT2D eigenvalue weighted by Crippen LogP contribution is -2.41. The van der Waals surface area contributed by atoms with Crippen LogP contribution in [-0.2, 0) is 16.1 Å². The van der Waals surface area contributed by atoms with E-state index in [9.17, 15) is 22.8 Å². The Hall–Kier alpha value is -3.63. The fraction of sp³-hybridized carbons (Fsp3) is 0.250. The van der Waals surface area contributed by atoms with Crippen molar-refractivity contribution < 1.29 is 22.7 Å². The van der Waals surface area contributed by atoms with Crippen LogP contribution in [0.4, 0.5) is 13.2 Å². The van der Waals surface area contributed by atoms with E-state index in [0.717, 1.165) is 38.1 Å². The summed E-state index contributed by atoms with van der Waals surface area (Å²) in [6.45, 7) is 6.00. The number of alkyl halides is 3. The second-order valence-electron chi connectivity index (χ2n) is 8.88. The molecule has 1 atom stereocenters. The van der Waals surface area contributed by atoms with E-state index in [1.54, 1.807) is 6.08 Å². The summed E-state index contributed by atoms with van der Waals surface area (Å²) in [5, 5.41) is 1.27. The van der Waals surface area contributed by atoms with Gasteiger partial charge in [0.05, 0.1) is 22.8 Å². The van der Waals surface area contributed by atoms with Gasteiger partial charge >= 0.3 is 12.1 Å². The second-order valence-corrected chi connectivity index (χ2v) is 10.3. The summed E-state index contributed by atoms with van der Waals surface area (Å²) >= 11 is 6.87. The Morgan fingerprint density at radius 3 is 2.49 bits per heavy atom.